The maximum absolute atomic E-state index is 11.8. The highest BCUT2D eigenvalue weighted by atomic mass is 16.2. The van der Waals surface area contributed by atoms with Crippen LogP contribution in [-0.4, -0.2) is 6.03 Å². The first-order valence-electron chi connectivity index (χ1n) is 6.31. The van der Waals surface area contributed by atoms with Crippen LogP contribution in [0.4, 0.5) is 10.5 Å². The standard InChI is InChI=1S/C16H18N2O/c1-12-6-5-9-15(10-12)18-16(19)17-11-14-8-4-3-7-13(14)2/h3-10H,11H2,1-2H3,(H2,17,18,19). The quantitative estimate of drug-likeness (QED) is 0.863. The van der Waals surface area contributed by atoms with E-state index in [1.54, 1.807) is 0 Å². The van der Waals surface area contributed by atoms with E-state index in [-0.39, 0.29) is 6.03 Å². The minimum atomic E-state index is -0.186. The molecule has 0 fully saturated rings. The van der Waals surface area contributed by atoms with Crippen LogP contribution in [0.15, 0.2) is 48.5 Å². The van der Waals surface area contributed by atoms with Crippen LogP contribution in [0.25, 0.3) is 0 Å². The fraction of sp³-hybridized carbons (Fsp3) is 0.188. The molecule has 19 heavy (non-hydrogen) atoms. The molecule has 0 unspecified atom stereocenters. The van der Waals surface area contributed by atoms with E-state index in [2.05, 4.69) is 10.6 Å². The van der Waals surface area contributed by atoms with Crippen LogP contribution < -0.4 is 10.6 Å². The Morgan fingerprint density at radius 1 is 1.05 bits per heavy atom. The number of hydrogen-bond acceptors (Lipinski definition) is 1. The Kier molecular flexibility index (Phi) is 4.18. The van der Waals surface area contributed by atoms with Crippen molar-refractivity contribution in [1.29, 1.82) is 0 Å². The number of amides is 2. The second-order valence-electron chi connectivity index (χ2n) is 4.60. The Labute approximate surface area is 113 Å². The van der Waals surface area contributed by atoms with Crippen LogP contribution in [0, 0.1) is 13.8 Å². The van der Waals surface area contributed by atoms with Crippen LogP contribution in [0.1, 0.15) is 16.7 Å². The molecule has 0 spiro atoms. The summed E-state index contributed by atoms with van der Waals surface area (Å²) in [6.45, 7) is 4.57. The third kappa shape index (κ3) is 3.85. The van der Waals surface area contributed by atoms with E-state index >= 15 is 0 Å². The SMILES string of the molecule is Cc1cccc(NC(=O)NCc2ccccc2C)c1. The van der Waals surface area contributed by atoms with Crippen LogP contribution in [0.3, 0.4) is 0 Å². The summed E-state index contributed by atoms with van der Waals surface area (Å²) >= 11 is 0. The molecule has 3 nitrogen and oxygen atoms in total. The number of hydrogen-bond donors (Lipinski definition) is 2. The molecular weight excluding hydrogens is 236 g/mol. The van der Waals surface area contributed by atoms with E-state index in [0.29, 0.717) is 6.54 Å². The molecule has 0 saturated carbocycles. The molecule has 0 radical (unpaired) electrons. The highest BCUT2D eigenvalue weighted by molar-refractivity contribution is 5.89. The van der Waals surface area contributed by atoms with Crippen LogP contribution in [0.2, 0.25) is 0 Å². The summed E-state index contributed by atoms with van der Waals surface area (Å²) < 4.78 is 0. The molecule has 2 N–H and O–H groups in total. The Morgan fingerprint density at radius 3 is 2.58 bits per heavy atom. The third-order valence-corrected chi connectivity index (χ3v) is 2.98. The lowest BCUT2D eigenvalue weighted by atomic mass is 10.1. The number of urea groups is 1. The lowest BCUT2D eigenvalue weighted by Gasteiger charge is -2.09. The van der Waals surface area contributed by atoms with Gasteiger partial charge in [-0.2, -0.15) is 0 Å². The predicted molar refractivity (Wildman–Crippen MR) is 78.2 cm³/mol. The van der Waals surface area contributed by atoms with E-state index in [9.17, 15) is 4.79 Å². The minimum Gasteiger partial charge on any atom is -0.334 e. The van der Waals surface area contributed by atoms with E-state index in [1.165, 1.54) is 5.56 Å². The van der Waals surface area contributed by atoms with Crippen molar-refractivity contribution in [3.05, 3.63) is 65.2 Å². The summed E-state index contributed by atoms with van der Waals surface area (Å²) in [5, 5.41) is 5.68. The van der Waals surface area contributed by atoms with Crippen molar-refractivity contribution >= 4 is 11.7 Å². The highest BCUT2D eigenvalue weighted by Crippen LogP contribution is 2.10. The number of aryl methyl sites for hydroxylation is 2. The zero-order chi connectivity index (χ0) is 13.7. The molecule has 2 amide bonds. The molecule has 98 valence electrons. The van der Waals surface area contributed by atoms with Gasteiger partial charge < -0.3 is 10.6 Å². The van der Waals surface area contributed by atoms with E-state index in [4.69, 9.17) is 0 Å². The Morgan fingerprint density at radius 2 is 1.84 bits per heavy atom. The average molecular weight is 254 g/mol. The Hall–Kier alpha value is -2.29. The molecule has 0 aliphatic rings. The van der Waals surface area contributed by atoms with Crippen molar-refractivity contribution < 1.29 is 4.79 Å². The normalized spacial score (nSPS) is 10.0. The van der Waals surface area contributed by atoms with E-state index in [0.717, 1.165) is 16.8 Å². The summed E-state index contributed by atoms with van der Waals surface area (Å²) in [6.07, 6.45) is 0. The third-order valence-electron chi connectivity index (χ3n) is 2.98. The van der Waals surface area contributed by atoms with E-state index in [1.807, 2.05) is 62.4 Å². The summed E-state index contributed by atoms with van der Waals surface area (Å²) in [7, 11) is 0. The Bertz CT molecular complexity index is 578. The van der Waals surface area contributed by atoms with Crippen LogP contribution in [-0.2, 0) is 6.54 Å². The van der Waals surface area contributed by atoms with Crippen molar-refractivity contribution in [1.82, 2.24) is 5.32 Å². The van der Waals surface area contributed by atoms with Crippen LogP contribution in [0.5, 0.6) is 0 Å². The number of rotatable bonds is 3. The van der Waals surface area contributed by atoms with Crippen molar-refractivity contribution in [2.24, 2.45) is 0 Å². The van der Waals surface area contributed by atoms with Gasteiger partial charge in [0.1, 0.15) is 0 Å². The van der Waals surface area contributed by atoms with Gasteiger partial charge in [0.05, 0.1) is 0 Å². The number of carbonyl (C=O) groups excluding carboxylic acids is 1. The molecule has 0 aliphatic carbocycles. The fourth-order valence-corrected chi connectivity index (χ4v) is 1.88. The molecule has 0 aliphatic heterocycles. The number of nitrogens with one attached hydrogen (secondary N) is 2. The minimum absolute atomic E-state index is 0.186. The predicted octanol–water partition coefficient (Wildman–Crippen LogP) is 3.63. The second kappa shape index (κ2) is 6.05. The maximum Gasteiger partial charge on any atom is 0.319 e. The molecule has 0 aromatic heterocycles. The largest absolute Gasteiger partial charge is 0.334 e. The summed E-state index contributed by atoms with van der Waals surface area (Å²) in [5.41, 5.74) is 4.24. The first-order valence-corrected chi connectivity index (χ1v) is 6.31. The van der Waals surface area contributed by atoms with Gasteiger partial charge in [-0.1, -0.05) is 36.4 Å². The van der Waals surface area contributed by atoms with Gasteiger partial charge in [-0.05, 0) is 42.7 Å². The molecule has 3 heteroatoms. The van der Waals surface area contributed by atoms with Gasteiger partial charge in [0, 0.05) is 12.2 Å². The highest BCUT2D eigenvalue weighted by Gasteiger charge is 2.02. The van der Waals surface area contributed by atoms with Gasteiger partial charge in [0.25, 0.3) is 0 Å². The molecule has 0 bridgehead atoms. The number of benzene rings is 2. The van der Waals surface area contributed by atoms with Crippen molar-refractivity contribution in [2.45, 2.75) is 20.4 Å². The fourth-order valence-electron chi connectivity index (χ4n) is 1.88. The first kappa shape index (κ1) is 13.1. The van der Waals surface area contributed by atoms with Gasteiger partial charge in [0.15, 0.2) is 0 Å². The first-order chi connectivity index (χ1) is 9.15. The van der Waals surface area contributed by atoms with Crippen molar-refractivity contribution in [3.63, 3.8) is 0 Å². The summed E-state index contributed by atoms with van der Waals surface area (Å²) in [5.74, 6) is 0. The van der Waals surface area contributed by atoms with Gasteiger partial charge in [-0.25, -0.2) is 4.79 Å². The van der Waals surface area contributed by atoms with E-state index < -0.39 is 0 Å². The lowest BCUT2D eigenvalue weighted by Crippen LogP contribution is -2.28. The van der Waals surface area contributed by atoms with Crippen molar-refractivity contribution in [3.8, 4) is 0 Å². The molecule has 2 aromatic carbocycles. The van der Waals surface area contributed by atoms with Gasteiger partial charge in [-0.15, -0.1) is 0 Å². The number of carbonyl (C=O) groups is 1. The smallest absolute Gasteiger partial charge is 0.319 e. The van der Waals surface area contributed by atoms with Crippen LogP contribution >= 0.6 is 0 Å². The lowest BCUT2D eigenvalue weighted by molar-refractivity contribution is 0.251. The molecule has 0 heterocycles. The summed E-state index contributed by atoms with van der Waals surface area (Å²) in [6, 6.07) is 15.6. The zero-order valence-corrected chi connectivity index (χ0v) is 11.2. The van der Waals surface area contributed by atoms with Gasteiger partial charge >= 0.3 is 6.03 Å². The van der Waals surface area contributed by atoms with Gasteiger partial charge in [-0.3, -0.25) is 0 Å². The zero-order valence-electron chi connectivity index (χ0n) is 11.2. The molecule has 0 atom stereocenters. The van der Waals surface area contributed by atoms with Gasteiger partial charge in [0.2, 0.25) is 0 Å². The molecular formula is C16H18N2O. The average Bonchev–Trinajstić information content (AvgIpc) is 2.38. The topological polar surface area (TPSA) is 41.1 Å². The monoisotopic (exact) mass is 254 g/mol. The van der Waals surface area contributed by atoms with Crippen molar-refractivity contribution in [2.75, 3.05) is 5.32 Å². The number of anilines is 1. The molecule has 2 aromatic rings. The molecule has 0 saturated heterocycles. The molecule has 2 rings (SSSR count). The Balaban J connectivity index is 1.90. The maximum atomic E-state index is 11.8. The second-order valence-corrected chi connectivity index (χ2v) is 4.60. The summed E-state index contributed by atoms with van der Waals surface area (Å²) in [4.78, 5) is 11.8.